The fourth-order valence-electron chi connectivity index (χ4n) is 3.68. The first-order chi connectivity index (χ1) is 16.0. The van der Waals surface area contributed by atoms with E-state index < -0.39 is 0 Å². The molecule has 1 amide bonds. The van der Waals surface area contributed by atoms with Gasteiger partial charge in [-0.2, -0.15) is 5.26 Å². The average Bonchev–Trinajstić information content (AvgIpc) is 2.82. The Morgan fingerprint density at radius 2 is 1.79 bits per heavy atom. The molecule has 0 atom stereocenters. The third-order valence-corrected chi connectivity index (χ3v) is 6.18. The number of rotatable bonds is 6. The Morgan fingerprint density at radius 1 is 1.06 bits per heavy atom. The van der Waals surface area contributed by atoms with Crippen molar-refractivity contribution in [2.24, 2.45) is 0 Å². The van der Waals surface area contributed by atoms with Crippen molar-refractivity contribution in [3.05, 3.63) is 94.3 Å². The molecule has 1 aromatic heterocycles. The fourth-order valence-corrected chi connectivity index (χ4v) is 4.57. The molecule has 0 fully saturated rings. The number of thioether (sulfide) groups is 1. The molecule has 4 aromatic rings. The number of aromatic nitrogens is 2. The Hall–Kier alpha value is -3.89. The van der Waals surface area contributed by atoms with Crippen molar-refractivity contribution < 1.29 is 4.79 Å². The Bertz CT molecular complexity index is 1420. The second-order valence-electron chi connectivity index (χ2n) is 7.60. The number of carbonyl (C=O) groups excluding carboxylic acids is 1. The Kier molecular flexibility index (Phi) is 6.57. The molecule has 0 aliphatic heterocycles. The number of para-hydroxylation sites is 2. The first-order valence-corrected chi connectivity index (χ1v) is 11.4. The summed E-state index contributed by atoms with van der Waals surface area (Å²) in [6, 6.07) is 24.2. The zero-order valence-corrected chi connectivity index (χ0v) is 19.2. The van der Waals surface area contributed by atoms with Crippen molar-refractivity contribution in [2.45, 2.75) is 19.0 Å². The molecule has 1 heterocycles. The summed E-state index contributed by atoms with van der Waals surface area (Å²) in [4.78, 5) is 32.7. The second-order valence-corrected chi connectivity index (χ2v) is 8.55. The predicted octanol–water partition coefficient (Wildman–Crippen LogP) is 4.65. The molecule has 6 nitrogen and oxygen atoms in total. The largest absolute Gasteiger partial charge is 0.298 e. The number of anilines is 1. The van der Waals surface area contributed by atoms with Gasteiger partial charge in [0.1, 0.15) is 6.54 Å². The average molecular weight is 455 g/mol. The summed E-state index contributed by atoms with van der Waals surface area (Å²) in [5.41, 5.74) is 3.82. The molecule has 164 valence electrons. The molecule has 0 aliphatic carbocycles. The number of nitriles is 1. The normalized spacial score (nSPS) is 10.7. The van der Waals surface area contributed by atoms with Crippen molar-refractivity contribution in [1.29, 1.82) is 5.26 Å². The molecule has 0 radical (unpaired) electrons. The minimum atomic E-state index is -0.234. The van der Waals surface area contributed by atoms with Crippen LogP contribution in [0, 0.1) is 25.2 Å². The number of aryl methyl sites for hydroxylation is 2. The minimum Gasteiger partial charge on any atom is -0.298 e. The summed E-state index contributed by atoms with van der Waals surface area (Å²) >= 11 is 1.19. The maximum Gasteiger partial charge on any atom is 0.266 e. The molecular weight excluding hydrogens is 432 g/mol. The number of benzene rings is 3. The summed E-state index contributed by atoms with van der Waals surface area (Å²) in [7, 11) is 0. The molecule has 4 rings (SSSR count). The van der Waals surface area contributed by atoms with Crippen LogP contribution in [0.25, 0.3) is 16.6 Å². The smallest absolute Gasteiger partial charge is 0.266 e. The van der Waals surface area contributed by atoms with Crippen LogP contribution < -0.4 is 10.5 Å². The first-order valence-electron chi connectivity index (χ1n) is 10.4. The van der Waals surface area contributed by atoms with Crippen LogP contribution in [0.3, 0.4) is 0 Å². The number of amides is 1. The topological polar surface area (TPSA) is 79.0 Å². The SMILES string of the molecule is Cc1ccc(-n2c(SCC(=O)N(CC#N)c3ccccc3)nc3ccccc3c2=O)c(C)c1. The fraction of sp³-hybridized carbons (Fsp3) is 0.154. The van der Waals surface area contributed by atoms with Gasteiger partial charge in [0.15, 0.2) is 5.16 Å². The lowest BCUT2D eigenvalue weighted by Gasteiger charge is -2.20. The highest BCUT2D eigenvalue weighted by atomic mass is 32.2. The van der Waals surface area contributed by atoms with E-state index in [4.69, 9.17) is 4.98 Å². The maximum absolute atomic E-state index is 13.5. The highest BCUT2D eigenvalue weighted by Crippen LogP contribution is 2.25. The standard InChI is InChI=1S/C26H22N4O2S/c1-18-12-13-23(19(2)16-18)30-25(32)21-10-6-7-11-22(21)28-26(30)33-17-24(31)29(15-14-27)20-8-4-3-5-9-20/h3-13,16H,15,17H2,1-2H3. The lowest BCUT2D eigenvalue weighted by Crippen LogP contribution is -2.33. The quantitative estimate of drug-likeness (QED) is 0.241. The van der Waals surface area contributed by atoms with Crippen molar-refractivity contribution in [1.82, 2.24) is 9.55 Å². The van der Waals surface area contributed by atoms with Gasteiger partial charge >= 0.3 is 0 Å². The van der Waals surface area contributed by atoms with Gasteiger partial charge in [-0.1, -0.05) is 59.8 Å². The monoisotopic (exact) mass is 454 g/mol. The molecule has 0 N–H and O–H groups in total. The zero-order valence-electron chi connectivity index (χ0n) is 18.4. The zero-order chi connectivity index (χ0) is 23.4. The predicted molar refractivity (Wildman–Crippen MR) is 132 cm³/mol. The van der Waals surface area contributed by atoms with Crippen molar-refractivity contribution in [3.63, 3.8) is 0 Å². The lowest BCUT2D eigenvalue weighted by molar-refractivity contribution is -0.116. The summed E-state index contributed by atoms with van der Waals surface area (Å²) in [6.45, 7) is 3.89. The third-order valence-electron chi connectivity index (χ3n) is 5.26. The Labute approximate surface area is 196 Å². The van der Waals surface area contributed by atoms with Gasteiger partial charge in [-0.25, -0.2) is 4.98 Å². The van der Waals surface area contributed by atoms with E-state index in [9.17, 15) is 14.9 Å². The summed E-state index contributed by atoms with van der Waals surface area (Å²) < 4.78 is 1.58. The van der Waals surface area contributed by atoms with E-state index >= 15 is 0 Å². The van der Waals surface area contributed by atoms with E-state index in [1.165, 1.54) is 16.7 Å². The van der Waals surface area contributed by atoms with Crippen LogP contribution in [-0.4, -0.2) is 27.8 Å². The summed E-state index contributed by atoms with van der Waals surface area (Å²) in [6.07, 6.45) is 0. The van der Waals surface area contributed by atoms with Gasteiger partial charge < -0.3 is 0 Å². The van der Waals surface area contributed by atoms with Gasteiger partial charge in [0.2, 0.25) is 5.91 Å². The van der Waals surface area contributed by atoms with Crippen LogP contribution in [0.2, 0.25) is 0 Å². The van der Waals surface area contributed by atoms with Crippen molar-refractivity contribution >= 4 is 34.3 Å². The highest BCUT2D eigenvalue weighted by molar-refractivity contribution is 7.99. The molecule has 0 unspecified atom stereocenters. The molecule has 0 bridgehead atoms. The molecule has 33 heavy (non-hydrogen) atoms. The van der Waals surface area contributed by atoms with E-state index in [0.717, 1.165) is 16.8 Å². The molecule has 0 spiro atoms. The number of hydrogen-bond donors (Lipinski definition) is 0. The van der Waals surface area contributed by atoms with Crippen LogP contribution in [0.4, 0.5) is 5.69 Å². The van der Waals surface area contributed by atoms with Crippen LogP contribution in [0.1, 0.15) is 11.1 Å². The van der Waals surface area contributed by atoms with Gasteiger partial charge in [-0.3, -0.25) is 19.1 Å². The van der Waals surface area contributed by atoms with Gasteiger partial charge in [0.05, 0.1) is 28.4 Å². The van der Waals surface area contributed by atoms with Crippen molar-refractivity contribution in [2.75, 3.05) is 17.2 Å². The van der Waals surface area contributed by atoms with E-state index in [1.54, 1.807) is 28.8 Å². The minimum absolute atomic E-state index is 0.0340. The first kappa shape index (κ1) is 22.3. The number of carbonyl (C=O) groups is 1. The molecule has 0 aliphatic rings. The van der Waals surface area contributed by atoms with E-state index in [2.05, 4.69) is 6.07 Å². The lowest BCUT2D eigenvalue weighted by atomic mass is 10.1. The molecular formula is C26H22N4O2S. The molecule has 3 aromatic carbocycles. The van der Waals surface area contributed by atoms with E-state index in [1.807, 2.05) is 62.4 Å². The van der Waals surface area contributed by atoms with E-state index in [0.29, 0.717) is 21.7 Å². The van der Waals surface area contributed by atoms with Crippen LogP contribution in [0.15, 0.2) is 82.7 Å². The van der Waals surface area contributed by atoms with Gasteiger partial charge in [-0.15, -0.1) is 0 Å². The molecule has 0 saturated heterocycles. The summed E-state index contributed by atoms with van der Waals surface area (Å²) in [5.74, 6) is -0.200. The Balaban J connectivity index is 1.75. The number of fused-ring (bicyclic) bond motifs is 1. The molecule has 7 heteroatoms. The van der Waals surface area contributed by atoms with Gasteiger partial charge in [0.25, 0.3) is 5.56 Å². The third kappa shape index (κ3) is 4.66. The van der Waals surface area contributed by atoms with Crippen LogP contribution >= 0.6 is 11.8 Å². The molecule has 0 saturated carbocycles. The second kappa shape index (κ2) is 9.72. The number of hydrogen-bond acceptors (Lipinski definition) is 5. The van der Waals surface area contributed by atoms with Gasteiger partial charge in [0, 0.05) is 5.69 Å². The Morgan fingerprint density at radius 3 is 2.52 bits per heavy atom. The van der Waals surface area contributed by atoms with Crippen LogP contribution in [0.5, 0.6) is 0 Å². The highest BCUT2D eigenvalue weighted by Gasteiger charge is 2.19. The van der Waals surface area contributed by atoms with Gasteiger partial charge in [-0.05, 0) is 49.7 Å². The van der Waals surface area contributed by atoms with Crippen molar-refractivity contribution in [3.8, 4) is 11.8 Å². The van der Waals surface area contributed by atoms with E-state index in [-0.39, 0.29) is 23.8 Å². The maximum atomic E-state index is 13.5. The summed E-state index contributed by atoms with van der Waals surface area (Å²) in [5, 5.41) is 10.2. The number of nitrogens with zero attached hydrogens (tertiary/aromatic N) is 4. The van der Waals surface area contributed by atoms with Crippen LogP contribution in [-0.2, 0) is 4.79 Å².